The Morgan fingerprint density at radius 1 is 1.19 bits per heavy atom. The van der Waals surface area contributed by atoms with Crippen LogP contribution in [0.2, 0.25) is 5.02 Å². The first-order valence-electron chi connectivity index (χ1n) is 8.62. The van der Waals surface area contributed by atoms with Crippen molar-refractivity contribution >= 4 is 17.3 Å². The van der Waals surface area contributed by atoms with Crippen LogP contribution in [0.5, 0.6) is 0 Å². The lowest BCUT2D eigenvalue weighted by Gasteiger charge is -2.27. The van der Waals surface area contributed by atoms with Crippen molar-refractivity contribution in [2.75, 3.05) is 5.32 Å². The maximum Gasteiger partial charge on any atom is 0.292 e. The number of aromatic nitrogens is 2. The molecule has 0 aliphatic heterocycles. The van der Waals surface area contributed by atoms with Gasteiger partial charge in [0.2, 0.25) is 0 Å². The highest BCUT2D eigenvalue weighted by molar-refractivity contribution is 6.33. The summed E-state index contributed by atoms with van der Waals surface area (Å²) < 4.78 is 27.9. The van der Waals surface area contributed by atoms with E-state index in [9.17, 15) is 13.6 Å². The molecule has 0 spiro atoms. The average Bonchev–Trinajstić information content (AvgIpc) is 2.67. The van der Waals surface area contributed by atoms with Crippen LogP contribution in [-0.4, -0.2) is 9.78 Å². The van der Waals surface area contributed by atoms with Gasteiger partial charge in [0.15, 0.2) is 5.82 Å². The summed E-state index contributed by atoms with van der Waals surface area (Å²) in [5.74, 6) is -1.62. The van der Waals surface area contributed by atoms with Gasteiger partial charge in [-0.2, -0.15) is 9.78 Å². The molecule has 0 saturated carbocycles. The highest BCUT2D eigenvalue weighted by Gasteiger charge is 2.22. The molecule has 0 bridgehead atoms. The molecule has 1 aliphatic carbocycles. The van der Waals surface area contributed by atoms with Crippen molar-refractivity contribution in [3.63, 3.8) is 0 Å². The smallest absolute Gasteiger partial charge is 0.292 e. The predicted octanol–water partition coefficient (Wildman–Crippen LogP) is 4.65. The summed E-state index contributed by atoms with van der Waals surface area (Å²) in [7, 11) is 0. The lowest BCUT2D eigenvalue weighted by molar-refractivity contribution is 0.570. The number of rotatable bonds is 3. The highest BCUT2D eigenvalue weighted by atomic mass is 35.5. The van der Waals surface area contributed by atoms with Gasteiger partial charge < -0.3 is 5.32 Å². The van der Waals surface area contributed by atoms with Gasteiger partial charge in [0.1, 0.15) is 16.5 Å². The Morgan fingerprint density at radius 3 is 2.81 bits per heavy atom. The molecule has 138 valence electrons. The molecule has 2 aromatic carbocycles. The van der Waals surface area contributed by atoms with Gasteiger partial charge in [-0.05, 0) is 42.5 Å². The van der Waals surface area contributed by atoms with Crippen molar-refractivity contribution in [3.05, 3.63) is 86.8 Å². The summed E-state index contributed by atoms with van der Waals surface area (Å²) in [6.45, 7) is 0. The van der Waals surface area contributed by atoms with E-state index in [1.54, 1.807) is 0 Å². The second kappa shape index (κ2) is 7.12. The third-order valence-electron chi connectivity index (χ3n) is 4.76. The van der Waals surface area contributed by atoms with Crippen molar-refractivity contribution in [1.29, 1.82) is 0 Å². The van der Waals surface area contributed by atoms with Gasteiger partial charge in [0, 0.05) is 6.07 Å². The third-order valence-corrected chi connectivity index (χ3v) is 5.12. The van der Waals surface area contributed by atoms with Crippen LogP contribution < -0.4 is 10.9 Å². The topological polar surface area (TPSA) is 46.9 Å². The summed E-state index contributed by atoms with van der Waals surface area (Å²) in [6.07, 6.45) is 4.34. The Hall–Kier alpha value is -2.73. The van der Waals surface area contributed by atoms with Crippen LogP contribution in [0.1, 0.15) is 30.0 Å². The van der Waals surface area contributed by atoms with Crippen LogP contribution in [-0.2, 0) is 6.42 Å². The van der Waals surface area contributed by atoms with E-state index in [0.717, 1.165) is 36.1 Å². The third kappa shape index (κ3) is 3.32. The van der Waals surface area contributed by atoms with Gasteiger partial charge in [-0.25, -0.2) is 8.78 Å². The van der Waals surface area contributed by atoms with E-state index in [2.05, 4.69) is 22.5 Å². The molecule has 1 aromatic heterocycles. The number of anilines is 1. The molecule has 1 aliphatic rings. The summed E-state index contributed by atoms with van der Waals surface area (Å²) >= 11 is 6.25. The molecule has 1 unspecified atom stereocenters. The quantitative estimate of drug-likeness (QED) is 0.711. The van der Waals surface area contributed by atoms with E-state index < -0.39 is 17.2 Å². The molecule has 0 radical (unpaired) electrons. The highest BCUT2D eigenvalue weighted by Crippen LogP contribution is 2.33. The van der Waals surface area contributed by atoms with Gasteiger partial charge >= 0.3 is 0 Å². The molecule has 0 fully saturated rings. The molecule has 4 nitrogen and oxygen atoms in total. The van der Waals surface area contributed by atoms with E-state index >= 15 is 0 Å². The molecule has 3 aromatic rings. The number of benzene rings is 2. The molecule has 4 rings (SSSR count). The van der Waals surface area contributed by atoms with Gasteiger partial charge in [0.25, 0.3) is 5.56 Å². The van der Waals surface area contributed by atoms with Gasteiger partial charge in [-0.15, -0.1) is 0 Å². The first-order chi connectivity index (χ1) is 13.0. The summed E-state index contributed by atoms with van der Waals surface area (Å²) in [4.78, 5) is 12.6. The maximum atomic E-state index is 14.0. The molecule has 0 saturated heterocycles. The van der Waals surface area contributed by atoms with Crippen LogP contribution in [0, 0.1) is 11.6 Å². The number of hydrogen-bond acceptors (Lipinski definition) is 3. The fourth-order valence-electron chi connectivity index (χ4n) is 3.45. The maximum absolute atomic E-state index is 14.0. The van der Waals surface area contributed by atoms with E-state index in [0.29, 0.717) is 11.8 Å². The van der Waals surface area contributed by atoms with Crippen LogP contribution >= 0.6 is 11.6 Å². The molecule has 7 heteroatoms. The van der Waals surface area contributed by atoms with Gasteiger partial charge in [-0.3, -0.25) is 4.79 Å². The van der Waals surface area contributed by atoms with E-state index in [4.69, 9.17) is 11.6 Å². The lowest BCUT2D eigenvalue weighted by atomic mass is 9.87. The molecule has 0 amide bonds. The molecular weight excluding hydrogens is 372 g/mol. The van der Waals surface area contributed by atoms with Crippen molar-refractivity contribution in [1.82, 2.24) is 9.78 Å². The Morgan fingerprint density at radius 2 is 2.00 bits per heavy atom. The second-order valence-electron chi connectivity index (χ2n) is 6.47. The number of nitrogens with zero attached hydrogens (tertiary/aromatic N) is 2. The fourth-order valence-corrected chi connectivity index (χ4v) is 3.63. The minimum Gasteiger partial charge on any atom is -0.376 e. The molecule has 1 heterocycles. The summed E-state index contributed by atoms with van der Waals surface area (Å²) in [5.41, 5.74) is 2.01. The standard InChI is InChI=1S/C20H16ClF2N3O/c21-19-17(25-16-7-3-5-12-4-1-2-6-14(12)16)11-24-26(20(19)27)18-9-8-13(22)10-15(18)23/h1-2,4,6,8-11,16,25H,3,5,7H2. The van der Waals surface area contributed by atoms with Crippen molar-refractivity contribution < 1.29 is 8.78 Å². The van der Waals surface area contributed by atoms with Crippen molar-refractivity contribution in [3.8, 4) is 5.69 Å². The number of hydrogen-bond donors (Lipinski definition) is 1. The first-order valence-corrected chi connectivity index (χ1v) is 9.00. The van der Waals surface area contributed by atoms with Crippen LogP contribution in [0.25, 0.3) is 5.69 Å². The fraction of sp³-hybridized carbons (Fsp3) is 0.200. The number of nitrogens with one attached hydrogen (secondary N) is 1. The number of fused-ring (bicyclic) bond motifs is 1. The Bertz CT molecular complexity index is 1070. The van der Waals surface area contributed by atoms with Crippen molar-refractivity contribution in [2.45, 2.75) is 25.3 Å². The van der Waals surface area contributed by atoms with E-state index in [-0.39, 0.29) is 16.8 Å². The predicted molar refractivity (Wildman–Crippen MR) is 101 cm³/mol. The minimum atomic E-state index is -0.886. The summed E-state index contributed by atoms with van der Waals surface area (Å²) in [5, 5.41) is 7.22. The first kappa shape index (κ1) is 17.7. The molecular formula is C20H16ClF2N3O. The van der Waals surface area contributed by atoms with Crippen molar-refractivity contribution in [2.24, 2.45) is 0 Å². The Kier molecular flexibility index (Phi) is 4.66. The summed E-state index contributed by atoms with van der Waals surface area (Å²) in [6, 6.07) is 11.1. The number of halogens is 3. The molecule has 1 N–H and O–H groups in total. The zero-order valence-electron chi connectivity index (χ0n) is 14.3. The van der Waals surface area contributed by atoms with E-state index in [1.165, 1.54) is 17.3 Å². The SMILES string of the molecule is O=c1c(Cl)c(NC2CCCc3ccccc32)cnn1-c1ccc(F)cc1F. The van der Waals surface area contributed by atoms with Crippen LogP contribution in [0.4, 0.5) is 14.5 Å². The number of aryl methyl sites for hydroxylation is 1. The van der Waals surface area contributed by atoms with Crippen LogP contribution in [0.3, 0.4) is 0 Å². The van der Waals surface area contributed by atoms with Gasteiger partial charge in [0.05, 0.1) is 17.9 Å². The molecule has 27 heavy (non-hydrogen) atoms. The molecule has 1 atom stereocenters. The van der Waals surface area contributed by atoms with E-state index in [1.807, 2.05) is 12.1 Å². The minimum absolute atomic E-state index is 0.0204. The largest absolute Gasteiger partial charge is 0.376 e. The van der Waals surface area contributed by atoms with Gasteiger partial charge in [-0.1, -0.05) is 35.9 Å². The average molecular weight is 388 g/mol. The Balaban J connectivity index is 1.69. The monoisotopic (exact) mass is 387 g/mol. The second-order valence-corrected chi connectivity index (χ2v) is 6.85. The zero-order valence-corrected chi connectivity index (χ0v) is 15.0. The zero-order chi connectivity index (χ0) is 19.0. The lowest BCUT2D eigenvalue weighted by Crippen LogP contribution is -2.25. The van der Waals surface area contributed by atoms with Crippen LogP contribution in [0.15, 0.2) is 53.5 Å². The Labute approximate surface area is 159 Å². The normalized spacial score (nSPS) is 16.0.